The normalized spacial score (nSPS) is 10.7. The van der Waals surface area contributed by atoms with Crippen molar-refractivity contribution in [3.63, 3.8) is 0 Å². The Kier molecular flexibility index (Phi) is 4.70. The predicted molar refractivity (Wildman–Crippen MR) is 95.7 cm³/mol. The zero-order valence-electron chi connectivity index (χ0n) is 13.6. The molecule has 0 saturated heterocycles. The van der Waals surface area contributed by atoms with E-state index in [1.807, 2.05) is 36.5 Å². The topological polar surface area (TPSA) is 66.5 Å². The summed E-state index contributed by atoms with van der Waals surface area (Å²) >= 11 is 0. The number of hydrogen-bond acceptors (Lipinski definition) is 4. The maximum absolute atomic E-state index is 12.5. The molecule has 0 spiro atoms. The average Bonchev–Trinajstić information content (AvgIpc) is 2.60. The van der Waals surface area contributed by atoms with Gasteiger partial charge in [0.05, 0.1) is 13.7 Å². The molecule has 0 saturated carbocycles. The highest BCUT2D eigenvalue weighted by Gasteiger charge is 2.04. The van der Waals surface area contributed by atoms with Crippen LogP contribution >= 0.6 is 0 Å². The Morgan fingerprint density at radius 2 is 1.96 bits per heavy atom. The lowest BCUT2D eigenvalue weighted by Crippen LogP contribution is -2.20. The van der Waals surface area contributed by atoms with E-state index in [4.69, 9.17) is 15.2 Å². The number of nitrogens with two attached hydrogens (primary N) is 1. The lowest BCUT2D eigenvalue weighted by atomic mass is 10.1. The van der Waals surface area contributed by atoms with Crippen molar-refractivity contribution >= 4 is 16.5 Å². The fourth-order valence-corrected chi connectivity index (χ4v) is 2.60. The molecule has 0 fully saturated rings. The van der Waals surface area contributed by atoms with Crippen LogP contribution in [0.3, 0.4) is 0 Å². The van der Waals surface area contributed by atoms with E-state index >= 15 is 0 Å². The Balaban J connectivity index is 1.65. The smallest absolute Gasteiger partial charge is 0.258 e. The van der Waals surface area contributed by atoms with Gasteiger partial charge in [-0.2, -0.15) is 0 Å². The van der Waals surface area contributed by atoms with E-state index in [-0.39, 0.29) is 5.56 Å². The van der Waals surface area contributed by atoms with E-state index in [0.29, 0.717) is 24.2 Å². The zero-order valence-corrected chi connectivity index (χ0v) is 13.6. The lowest BCUT2D eigenvalue weighted by molar-refractivity contribution is 0.301. The zero-order chi connectivity index (χ0) is 16.9. The van der Waals surface area contributed by atoms with E-state index in [1.165, 1.54) is 0 Å². The fraction of sp³-hybridized carbons (Fsp3) is 0.211. The number of nitrogen functional groups attached to an aromatic ring is 1. The van der Waals surface area contributed by atoms with Crippen LogP contribution in [0, 0.1) is 0 Å². The molecule has 5 nitrogen and oxygen atoms in total. The Bertz CT molecular complexity index is 902. The summed E-state index contributed by atoms with van der Waals surface area (Å²) in [6.45, 7) is 1.12. The number of aromatic nitrogens is 1. The van der Waals surface area contributed by atoms with Crippen LogP contribution in [0.25, 0.3) is 10.8 Å². The molecule has 24 heavy (non-hydrogen) atoms. The number of hydrogen-bond donors (Lipinski definition) is 1. The number of fused-ring (bicyclic) bond motifs is 1. The molecule has 0 amide bonds. The molecule has 0 atom stereocenters. The standard InChI is InChI=1S/C19H20N2O3/c1-23-16-6-7-18-14(12-16)8-10-21(19(18)22)9-3-11-24-17-5-2-4-15(20)13-17/h2,4-8,10,12-13H,3,9,11,20H2,1H3. The summed E-state index contributed by atoms with van der Waals surface area (Å²) in [5, 5.41) is 1.57. The van der Waals surface area contributed by atoms with Gasteiger partial charge in [-0.3, -0.25) is 4.79 Å². The van der Waals surface area contributed by atoms with Gasteiger partial charge < -0.3 is 19.8 Å². The van der Waals surface area contributed by atoms with E-state index in [0.717, 1.165) is 23.3 Å². The maximum atomic E-state index is 12.5. The van der Waals surface area contributed by atoms with Gasteiger partial charge >= 0.3 is 0 Å². The highest BCUT2D eigenvalue weighted by Crippen LogP contribution is 2.18. The Labute approximate surface area is 140 Å². The van der Waals surface area contributed by atoms with Gasteiger partial charge in [-0.15, -0.1) is 0 Å². The van der Waals surface area contributed by atoms with Crippen LogP contribution in [0.1, 0.15) is 6.42 Å². The molecule has 1 aromatic heterocycles. The molecule has 124 valence electrons. The highest BCUT2D eigenvalue weighted by molar-refractivity contribution is 5.82. The first-order chi connectivity index (χ1) is 11.7. The van der Waals surface area contributed by atoms with Gasteiger partial charge in [0, 0.05) is 29.9 Å². The second-order valence-corrected chi connectivity index (χ2v) is 5.54. The van der Waals surface area contributed by atoms with E-state index in [9.17, 15) is 4.79 Å². The first-order valence-corrected chi connectivity index (χ1v) is 7.83. The molecule has 0 aliphatic carbocycles. The molecule has 5 heteroatoms. The maximum Gasteiger partial charge on any atom is 0.258 e. The van der Waals surface area contributed by atoms with Gasteiger partial charge in [-0.1, -0.05) is 6.07 Å². The van der Waals surface area contributed by atoms with Gasteiger partial charge in [-0.25, -0.2) is 0 Å². The van der Waals surface area contributed by atoms with Crippen molar-refractivity contribution in [1.82, 2.24) is 4.57 Å². The summed E-state index contributed by atoms with van der Waals surface area (Å²) in [7, 11) is 1.61. The number of ether oxygens (including phenoxy) is 2. The van der Waals surface area contributed by atoms with Gasteiger partial charge in [0.2, 0.25) is 0 Å². The van der Waals surface area contributed by atoms with Crippen molar-refractivity contribution in [2.24, 2.45) is 0 Å². The molecular weight excluding hydrogens is 304 g/mol. The Morgan fingerprint density at radius 1 is 1.08 bits per heavy atom. The third kappa shape index (κ3) is 3.51. The summed E-state index contributed by atoms with van der Waals surface area (Å²) in [5.41, 5.74) is 6.39. The van der Waals surface area contributed by atoms with E-state index in [2.05, 4.69) is 0 Å². The second-order valence-electron chi connectivity index (χ2n) is 5.54. The number of aryl methyl sites for hydroxylation is 1. The molecule has 3 aromatic rings. The first-order valence-electron chi connectivity index (χ1n) is 7.83. The number of nitrogens with zero attached hydrogens (tertiary/aromatic N) is 1. The molecule has 3 rings (SSSR count). The molecule has 0 unspecified atom stereocenters. The monoisotopic (exact) mass is 324 g/mol. The molecule has 0 aliphatic rings. The number of benzene rings is 2. The molecule has 0 aliphatic heterocycles. The molecule has 0 bridgehead atoms. The van der Waals surface area contributed by atoms with Crippen LogP contribution in [-0.4, -0.2) is 18.3 Å². The summed E-state index contributed by atoms with van der Waals surface area (Å²) in [6.07, 6.45) is 2.54. The van der Waals surface area contributed by atoms with Crippen LogP contribution in [0.4, 0.5) is 5.69 Å². The van der Waals surface area contributed by atoms with Crippen LogP contribution in [0.2, 0.25) is 0 Å². The third-order valence-electron chi connectivity index (χ3n) is 3.85. The van der Waals surface area contributed by atoms with Crippen LogP contribution < -0.4 is 20.8 Å². The van der Waals surface area contributed by atoms with Crippen molar-refractivity contribution < 1.29 is 9.47 Å². The largest absolute Gasteiger partial charge is 0.497 e. The van der Waals surface area contributed by atoms with Gasteiger partial charge in [0.1, 0.15) is 11.5 Å². The van der Waals surface area contributed by atoms with Crippen molar-refractivity contribution in [2.75, 3.05) is 19.5 Å². The second kappa shape index (κ2) is 7.08. The lowest BCUT2D eigenvalue weighted by Gasteiger charge is -2.09. The number of pyridine rings is 1. The summed E-state index contributed by atoms with van der Waals surface area (Å²) in [4.78, 5) is 12.5. The van der Waals surface area contributed by atoms with Crippen LogP contribution in [-0.2, 0) is 6.54 Å². The third-order valence-corrected chi connectivity index (χ3v) is 3.85. The van der Waals surface area contributed by atoms with E-state index in [1.54, 1.807) is 29.9 Å². The minimum absolute atomic E-state index is 0.000825. The van der Waals surface area contributed by atoms with Crippen molar-refractivity contribution in [3.8, 4) is 11.5 Å². The Morgan fingerprint density at radius 3 is 2.75 bits per heavy atom. The predicted octanol–water partition coefficient (Wildman–Crippen LogP) is 3.06. The van der Waals surface area contributed by atoms with Gasteiger partial charge in [0.25, 0.3) is 5.56 Å². The van der Waals surface area contributed by atoms with Gasteiger partial charge in [0.15, 0.2) is 0 Å². The fourth-order valence-electron chi connectivity index (χ4n) is 2.60. The summed E-state index contributed by atoms with van der Waals surface area (Å²) in [6, 6.07) is 14.7. The SMILES string of the molecule is COc1ccc2c(=O)n(CCCOc3cccc(N)c3)ccc2c1. The molecule has 1 heterocycles. The van der Waals surface area contributed by atoms with Gasteiger partial charge in [-0.05, 0) is 48.2 Å². The van der Waals surface area contributed by atoms with Crippen molar-refractivity contribution in [3.05, 3.63) is 65.1 Å². The van der Waals surface area contributed by atoms with Crippen molar-refractivity contribution in [1.29, 1.82) is 0 Å². The van der Waals surface area contributed by atoms with Crippen molar-refractivity contribution in [2.45, 2.75) is 13.0 Å². The average molecular weight is 324 g/mol. The molecule has 2 N–H and O–H groups in total. The van der Waals surface area contributed by atoms with Crippen LogP contribution in [0.5, 0.6) is 11.5 Å². The quantitative estimate of drug-likeness (QED) is 0.559. The molecule has 0 radical (unpaired) electrons. The molecular formula is C19H20N2O3. The highest BCUT2D eigenvalue weighted by atomic mass is 16.5. The van der Waals surface area contributed by atoms with Crippen LogP contribution in [0.15, 0.2) is 59.5 Å². The minimum Gasteiger partial charge on any atom is -0.497 e. The first kappa shape index (κ1) is 15.9. The minimum atomic E-state index is -0.000825. The number of anilines is 1. The van der Waals surface area contributed by atoms with E-state index < -0.39 is 0 Å². The number of rotatable bonds is 6. The molecule has 2 aromatic carbocycles. The Hall–Kier alpha value is -2.95. The summed E-state index contributed by atoms with van der Waals surface area (Å²) < 4.78 is 12.5. The number of methoxy groups -OCH3 is 1. The summed E-state index contributed by atoms with van der Waals surface area (Å²) in [5.74, 6) is 1.49.